The molecule has 46 heavy (non-hydrogen) atoms. The molecule has 5 heterocycles. The minimum Gasteiger partial charge on any atom is -0.478 e. The van der Waals surface area contributed by atoms with Crippen LogP contribution in [0.1, 0.15) is 25.5 Å². The maximum Gasteiger partial charge on any atom is 0.352 e. The number of aromatic nitrogens is 3. The molecule has 0 radical (unpaired) electrons. The number of oxime groups is 1. The van der Waals surface area contributed by atoms with Gasteiger partial charge in [-0.15, -0.1) is 11.8 Å². The van der Waals surface area contributed by atoms with Crippen LogP contribution < -0.4 is 20.9 Å². The highest BCUT2D eigenvalue weighted by Crippen LogP contribution is 2.40. The number of β-lactam (4-membered cyclic amide) rings is 1. The minimum absolute atomic E-state index is 0.00791. The number of carbonyl (C=O) groups excluding carboxylic acids is 2. The first kappa shape index (κ1) is 33.2. The average molecular weight is 692 g/mol. The van der Waals surface area contributed by atoms with Gasteiger partial charge >= 0.3 is 11.9 Å². The second-order valence-corrected chi connectivity index (χ2v) is 13.2. The Labute approximate surface area is 276 Å². The normalized spacial score (nSPS) is 18.7. The number of aryl methyl sites for hydroxylation is 1. The number of carbonyl (C=O) groups is 4. The third-order valence-corrected chi connectivity index (χ3v) is 9.92. The summed E-state index contributed by atoms with van der Waals surface area (Å²) in [7, 11) is 1.91. The van der Waals surface area contributed by atoms with E-state index in [4.69, 9.17) is 22.2 Å². The molecule has 0 bridgehead atoms. The summed E-state index contributed by atoms with van der Waals surface area (Å²) in [6, 6.07) is 4.80. The average Bonchev–Trinajstić information content (AvgIpc) is 3.59. The maximum atomic E-state index is 13.4. The summed E-state index contributed by atoms with van der Waals surface area (Å²) in [6.07, 6.45) is 3.52. The van der Waals surface area contributed by atoms with E-state index in [0.29, 0.717) is 11.3 Å². The molecule has 0 saturated carbocycles. The van der Waals surface area contributed by atoms with E-state index in [1.165, 1.54) is 16.7 Å². The zero-order valence-corrected chi connectivity index (χ0v) is 27.2. The van der Waals surface area contributed by atoms with E-state index in [-0.39, 0.29) is 33.8 Å². The summed E-state index contributed by atoms with van der Waals surface area (Å²) < 4.78 is 4.11. The lowest BCUT2D eigenvalue weighted by Crippen LogP contribution is -2.71. The predicted octanol–water partition coefficient (Wildman–Crippen LogP) is 1.25. The Bertz CT molecular complexity index is 1760. The number of hydrogen-bond acceptors (Lipinski definition) is 11. The van der Waals surface area contributed by atoms with Gasteiger partial charge in [0.15, 0.2) is 23.6 Å². The number of thiazole rings is 1. The van der Waals surface area contributed by atoms with Crippen molar-refractivity contribution in [2.45, 2.75) is 50.4 Å². The van der Waals surface area contributed by atoms with Crippen LogP contribution in [-0.4, -0.2) is 91.0 Å². The van der Waals surface area contributed by atoms with Crippen LogP contribution in [-0.2, 0) is 37.1 Å². The largest absolute Gasteiger partial charge is 0.478 e. The summed E-state index contributed by atoms with van der Waals surface area (Å²) in [6.45, 7) is 3.52. The second kappa shape index (κ2) is 14.1. The maximum absolute atomic E-state index is 13.4. The van der Waals surface area contributed by atoms with Gasteiger partial charge in [-0.25, -0.2) is 14.6 Å². The zero-order chi connectivity index (χ0) is 33.1. The molecule has 5 rings (SSSR count). The predicted molar refractivity (Wildman–Crippen MR) is 171 cm³/mol. The third kappa shape index (κ3) is 6.53. The molecule has 1 fully saturated rings. The zero-order valence-electron chi connectivity index (χ0n) is 24.8. The van der Waals surface area contributed by atoms with Gasteiger partial charge in [-0.3, -0.25) is 14.5 Å². The summed E-state index contributed by atoms with van der Waals surface area (Å²) in [4.78, 5) is 61.0. The number of nitrogen functional groups attached to an aromatic ring is 1. The summed E-state index contributed by atoms with van der Waals surface area (Å²) in [5, 5.41) is 28.3. The first-order valence-corrected chi connectivity index (χ1v) is 16.5. The van der Waals surface area contributed by atoms with Gasteiger partial charge in [0.2, 0.25) is 11.6 Å². The number of carboxylic acid groups (broad SMARTS) is 2. The van der Waals surface area contributed by atoms with Crippen molar-refractivity contribution in [3.8, 4) is 0 Å². The molecule has 0 aliphatic carbocycles. The molecule has 2 aliphatic heterocycles. The minimum atomic E-state index is -1.35. The molecule has 0 spiro atoms. The molecule has 15 nitrogen and oxygen atoms in total. The van der Waals surface area contributed by atoms with E-state index in [0.717, 1.165) is 41.9 Å². The number of amides is 2. The lowest BCUT2D eigenvalue weighted by molar-refractivity contribution is -0.663. The van der Waals surface area contributed by atoms with Crippen molar-refractivity contribution >= 4 is 80.3 Å². The lowest BCUT2D eigenvalue weighted by atomic mass is 10.0. The number of rotatable bonds is 14. The fourth-order valence-corrected chi connectivity index (χ4v) is 7.52. The van der Waals surface area contributed by atoms with Crippen LogP contribution in [0.15, 0.2) is 47.0 Å². The van der Waals surface area contributed by atoms with Gasteiger partial charge in [0.05, 0.1) is 0 Å². The molecule has 3 aromatic heterocycles. The standard InChI is InChI=1S/C28H31ClN8O7S2/c1-3-17(26(40)41)44-34-19(18-22(29)46-28(30)33-18)23(38)32-20-24(39)37-21(27(42)43)14(13-45-25(20)37)12-36-9-4-6-15-16(36)7-11-35(15)10-5-8-31-2/h4,6-7,9,11,17,20,25,31H,3,5,8,10,12-13H2,1-2H3,(H4-,30,32,33,38,40,41,42,43)/p+1/b34-19-/t17-,20?,25?/m1/s1. The van der Waals surface area contributed by atoms with E-state index in [9.17, 15) is 29.4 Å². The highest BCUT2D eigenvalue weighted by Gasteiger charge is 2.55. The lowest BCUT2D eigenvalue weighted by Gasteiger charge is -2.49. The highest BCUT2D eigenvalue weighted by atomic mass is 35.5. The van der Waals surface area contributed by atoms with Crippen molar-refractivity contribution in [3.63, 3.8) is 0 Å². The highest BCUT2D eigenvalue weighted by molar-refractivity contribution is 8.00. The molecule has 6 N–H and O–H groups in total. The van der Waals surface area contributed by atoms with Gasteiger partial charge in [-0.1, -0.05) is 35.0 Å². The number of thioether (sulfide) groups is 1. The van der Waals surface area contributed by atoms with Crippen LogP contribution in [0.5, 0.6) is 0 Å². The Morgan fingerprint density at radius 3 is 2.76 bits per heavy atom. The van der Waals surface area contributed by atoms with Crippen molar-refractivity contribution in [3.05, 3.63) is 51.9 Å². The Morgan fingerprint density at radius 1 is 1.33 bits per heavy atom. The van der Waals surface area contributed by atoms with Crippen LogP contribution in [0.25, 0.3) is 11.0 Å². The second-order valence-electron chi connectivity index (χ2n) is 10.4. The van der Waals surface area contributed by atoms with E-state index in [2.05, 4.69) is 25.3 Å². The van der Waals surface area contributed by atoms with E-state index in [1.807, 2.05) is 42.2 Å². The van der Waals surface area contributed by atoms with Gasteiger partial charge in [-0.2, -0.15) is 4.57 Å². The number of hydrogen-bond donors (Lipinski definition) is 5. The molecule has 2 amide bonds. The van der Waals surface area contributed by atoms with Crippen LogP contribution in [0.4, 0.5) is 5.13 Å². The van der Waals surface area contributed by atoms with Crippen LogP contribution in [0, 0.1) is 0 Å². The van der Waals surface area contributed by atoms with E-state index >= 15 is 0 Å². The van der Waals surface area contributed by atoms with Crippen molar-refractivity contribution in [2.24, 2.45) is 5.16 Å². The smallest absolute Gasteiger partial charge is 0.352 e. The number of anilines is 1. The van der Waals surface area contributed by atoms with Crippen molar-refractivity contribution in [1.29, 1.82) is 0 Å². The Morgan fingerprint density at radius 2 is 2.11 bits per heavy atom. The number of halogens is 1. The molecule has 2 aliphatic rings. The van der Waals surface area contributed by atoms with E-state index < -0.39 is 47.0 Å². The van der Waals surface area contributed by atoms with Gasteiger partial charge < -0.3 is 36.0 Å². The molecule has 244 valence electrons. The molecule has 2 unspecified atom stereocenters. The Kier molecular flexibility index (Phi) is 10.1. The summed E-state index contributed by atoms with van der Waals surface area (Å²) in [5.41, 5.74) is 7.49. The van der Waals surface area contributed by atoms with Crippen molar-refractivity contribution in [2.75, 3.05) is 25.1 Å². The molecule has 1 saturated heterocycles. The van der Waals surface area contributed by atoms with Crippen LogP contribution >= 0.6 is 34.7 Å². The van der Waals surface area contributed by atoms with Gasteiger partial charge in [0.1, 0.15) is 32.7 Å². The van der Waals surface area contributed by atoms with Crippen molar-refractivity contribution in [1.82, 2.24) is 25.1 Å². The van der Waals surface area contributed by atoms with Gasteiger partial charge in [-0.05, 0) is 32.5 Å². The van der Waals surface area contributed by atoms with Crippen LogP contribution in [0.3, 0.4) is 0 Å². The quantitative estimate of drug-likeness (QED) is 0.0535. The molecule has 3 aromatic rings. The molecular formula is C28H32ClN8O7S2+. The molecule has 18 heteroatoms. The number of nitrogens with one attached hydrogen (secondary N) is 2. The first-order valence-electron chi connectivity index (χ1n) is 14.3. The monoisotopic (exact) mass is 691 g/mol. The SMILES string of the molecule is CC[C@@H](O/N=C(\C(=O)NC1C(=O)N2C(C(=O)O)=C(C[n+]3cccc4c3ccn4CCCNC)CSC12)c1nc(N)sc1Cl)C(=O)O. The third-order valence-electron chi connectivity index (χ3n) is 7.50. The van der Waals surface area contributed by atoms with E-state index in [1.54, 1.807) is 6.92 Å². The molecule has 3 atom stereocenters. The number of pyridine rings is 1. The van der Waals surface area contributed by atoms with Gasteiger partial charge in [0.25, 0.3) is 11.8 Å². The number of aliphatic carboxylic acids is 2. The Hall–Kier alpha value is -4.19. The number of fused-ring (bicyclic) bond motifs is 2. The number of nitrogens with zero attached hydrogens (tertiary/aromatic N) is 5. The Balaban J connectivity index is 1.37. The molecule has 0 aromatic carbocycles. The molecular weight excluding hydrogens is 660 g/mol. The topological polar surface area (TPSA) is 205 Å². The number of carboxylic acids is 2. The number of nitrogens with two attached hydrogens (primary N) is 1. The fourth-order valence-electron chi connectivity index (χ4n) is 5.26. The van der Waals surface area contributed by atoms with Crippen molar-refractivity contribution < 1.29 is 38.8 Å². The first-order chi connectivity index (χ1) is 22.0. The summed E-state index contributed by atoms with van der Waals surface area (Å²) >= 11 is 8.40. The summed E-state index contributed by atoms with van der Waals surface area (Å²) in [5.74, 6) is -3.79. The van der Waals surface area contributed by atoms with Crippen LogP contribution in [0.2, 0.25) is 4.34 Å². The van der Waals surface area contributed by atoms with Gasteiger partial charge in [0, 0.05) is 36.2 Å². The fraction of sp³-hybridized carbons (Fsp3) is 0.393.